The Morgan fingerprint density at radius 2 is 2.12 bits per heavy atom. The van der Waals surface area contributed by atoms with E-state index in [0.717, 1.165) is 18.2 Å². The van der Waals surface area contributed by atoms with Gasteiger partial charge in [0, 0.05) is 58.0 Å². The molecule has 136 valence electrons. The number of amides is 1. The first-order valence-corrected chi connectivity index (χ1v) is 9.17. The van der Waals surface area contributed by atoms with Gasteiger partial charge in [-0.1, -0.05) is 12.8 Å². The summed E-state index contributed by atoms with van der Waals surface area (Å²) in [6.45, 7) is 2.79. The zero-order valence-corrected chi connectivity index (χ0v) is 14.7. The molecule has 2 saturated heterocycles. The number of carboxylic acids is 1. The maximum Gasteiger partial charge on any atom is 0.313 e. The number of carboxylic acid groups (broad SMARTS) is 1. The van der Waals surface area contributed by atoms with E-state index in [1.807, 2.05) is 17.8 Å². The molecular formula is C18H26N4O3. The second-order valence-corrected chi connectivity index (χ2v) is 8.04. The van der Waals surface area contributed by atoms with Crippen molar-refractivity contribution in [1.82, 2.24) is 19.4 Å². The van der Waals surface area contributed by atoms with E-state index in [4.69, 9.17) is 0 Å². The van der Waals surface area contributed by atoms with Gasteiger partial charge in [-0.25, -0.2) is 4.98 Å². The highest BCUT2D eigenvalue weighted by molar-refractivity contribution is 5.81. The van der Waals surface area contributed by atoms with E-state index in [9.17, 15) is 14.7 Å². The van der Waals surface area contributed by atoms with E-state index in [2.05, 4.69) is 9.88 Å². The number of hydrogen-bond donors (Lipinski definition) is 1. The highest BCUT2D eigenvalue weighted by atomic mass is 16.4. The Morgan fingerprint density at radius 3 is 2.72 bits per heavy atom. The predicted molar refractivity (Wildman–Crippen MR) is 90.6 cm³/mol. The van der Waals surface area contributed by atoms with Crippen molar-refractivity contribution in [2.24, 2.45) is 24.3 Å². The van der Waals surface area contributed by atoms with E-state index < -0.39 is 11.4 Å². The van der Waals surface area contributed by atoms with Gasteiger partial charge in [0.05, 0.1) is 6.54 Å². The van der Waals surface area contributed by atoms with Crippen LogP contribution in [0.15, 0.2) is 12.4 Å². The number of aryl methyl sites for hydroxylation is 1. The van der Waals surface area contributed by atoms with Gasteiger partial charge in [-0.05, 0) is 12.3 Å². The van der Waals surface area contributed by atoms with Crippen LogP contribution in [0.3, 0.4) is 0 Å². The molecule has 0 radical (unpaired) electrons. The Kier molecular flexibility index (Phi) is 4.06. The number of carbonyl (C=O) groups is 2. The molecule has 4 rings (SSSR count). The van der Waals surface area contributed by atoms with Crippen LogP contribution in [-0.2, 0) is 23.2 Å². The van der Waals surface area contributed by atoms with Gasteiger partial charge in [0.2, 0.25) is 5.91 Å². The van der Waals surface area contributed by atoms with Gasteiger partial charge in [0.1, 0.15) is 11.2 Å². The van der Waals surface area contributed by atoms with Gasteiger partial charge in [-0.3, -0.25) is 14.5 Å². The molecule has 7 heteroatoms. The fourth-order valence-electron chi connectivity index (χ4n) is 4.42. The molecule has 1 saturated carbocycles. The Labute approximate surface area is 147 Å². The number of aliphatic carboxylic acids is 1. The molecule has 0 spiro atoms. The highest BCUT2D eigenvalue weighted by Gasteiger charge is 2.58. The van der Waals surface area contributed by atoms with Gasteiger partial charge in [0.15, 0.2) is 0 Å². The van der Waals surface area contributed by atoms with Crippen LogP contribution < -0.4 is 0 Å². The molecule has 1 amide bonds. The molecule has 1 aliphatic carbocycles. The third-order valence-electron chi connectivity index (χ3n) is 6.21. The first kappa shape index (κ1) is 16.6. The first-order chi connectivity index (χ1) is 12.0. The van der Waals surface area contributed by atoms with Crippen LogP contribution in [0.4, 0.5) is 0 Å². The van der Waals surface area contributed by atoms with Crippen LogP contribution in [0.5, 0.6) is 0 Å². The van der Waals surface area contributed by atoms with Crippen LogP contribution in [0, 0.1) is 17.3 Å². The number of imidazole rings is 1. The monoisotopic (exact) mass is 346 g/mol. The molecule has 0 bridgehead atoms. The molecule has 7 nitrogen and oxygen atoms in total. The summed E-state index contributed by atoms with van der Waals surface area (Å²) in [5, 5.41) is 9.91. The van der Waals surface area contributed by atoms with Gasteiger partial charge in [-0.2, -0.15) is 0 Å². The van der Waals surface area contributed by atoms with E-state index in [0.29, 0.717) is 39.1 Å². The van der Waals surface area contributed by atoms with Crippen LogP contribution in [0.2, 0.25) is 0 Å². The Bertz CT molecular complexity index is 684. The maximum atomic E-state index is 12.5. The van der Waals surface area contributed by atoms with E-state index in [1.165, 1.54) is 12.8 Å². The molecule has 0 aromatic carbocycles. The smallest absolute Gasteiger partial charge is 0.313 e. The Hall–Kier alpha value is -1.89. The molecule has 3 fully saturated rings. The summed E-state index contributed by atoms with van der Waals surface area (Å²) >= 11 is 0. The molecule has 1 aromatic rings. The standard InChI is InChI=1S/C18H26N4O3/c1-20-7-6-19-15(20)10-21-8-14-9-22(12-18(14,11-21)17(24)25)16(23)5-4-13-2-3-13/h6-7,13-14H,2-5,8-12H2,1H3,(H,24,25)/t14-,18-/m0/s1. The second-order valence-electron chi connectivity index (χ2n) is 8.04. The lowest BCUT2D eigenvalue weighted by atomic mass is 9.81. The van der Waals surface area contributed by atoms with Crippen LogP contribution >= 0.6 is 0 Å². The molecule has 25 heavy (non-hydrogen) atoms. The van der Waals surface area contributed by atoms with Gasteiger partial charge in [0.25, 0.3) is 0 Å². The van der Waals surface area contributed by atoms with E-state index >= 15 is 0 Å². The summed E-state index contributed by atoms with van der Waals surface area (Å²) in [5.41, 5.74) is -0.819. The second kappa shape index (κ2) is 6.12. The minimum absolute atomic E-state index is 0.00939. The summed E-state index contributed by atoms with van der Waals surface area (Å²) in [4.78, 5) is 32.9. The molecule has 3 aliphatic rings. The number of aromatic nitrogens is 2. The summed E-state index contributed by atoms with van der Waals surface area (Å²) in [6.07, 6.45) is 7.70. The SMILES string of the molecule is Cn1ccnc1CN1C[C@H]2CN(C(=O)CCC3CC3)C[C@@]2(C(=O)O)C1. The van der Waals surface area contributed by atoms with Crippen molar-refractivity contribution in [3.05, 3.63) is 18.2 Å². The zero-order chi connectivity index (χ0) is 17.6. The number of likely N-dealkylation sites (tertiary alicyclic amines) is 2. The average molecular weight is 346 g/mol. The topological polar surface area (TPSA) is 78.7 Å². The summed E-state index contributed by atoms with van der Waals surface area (Å²) in [6, 6.07) is 0. The molecule has 1 aromatic heterocycles. The molecule has 2 atom stereocenters. The minimum Gasteiger partial charge on any atom is -0.481 e. The van der Waals surface area contributed by atoms with Crippen molar-refractivity contribution in [3.63, 3.8) is 0 Å². The van der Waals surface area contributed by atoms with Crippen LogP contribution in [0.1, 0.15) is 31.5 Å². The average Bonchev–Trinajstić information content (AvgIpc) is 3.05. The molecular weight excluding hydrogens is 320 g/mol. The Balaban J connectivity index is 1.41. The number of carbonyl (C=O) groups excluding carboxylic acids is 1. The number of fused-ring (bicyclic) bond motifs is 1. The zero-order valence-electron chi connectivity index (χ0n) is 14.7. The molecule has 3 heterocycles. The Morgan fingerprint density at radius 1 is 1.32 bits per heavy atom. The highest BCUT2D eigenvalue weighted by Crippen LogP contribution is 2.43. The van der Waals surface area contributed by atoms with Crippen LogP contribution in [0.25, 0.3) is 0 Å². The molecule has 2 aliphatic heterocycles. The summed E-state index contributed by atoms with van der Waals surface area (Å²) in [5.74, 6) is 1.05. The predicted octanol–water partition coefficient (Wildman–Crippen LogP) is 0.955. The third kappa shape index (κ3) is 3.05. The van der Waals surface area contributed by atoms with Crippen molar-refractivity contribution < 1.29 is 14.7 Å². The minimum atomic E-state index is -0.819. The fourth-order valence-corrected chi connectivity index (χ4v) is 4.42. The quantitative estimate of drug-likeness (QED) is 0.830. The summed E-state index contributed by atoms with van der Waals surface area (Å²) < 4.78 is 1.97. The first-order valence-electron chi connectivity index (χ1n) is 9.17. The maximum absolute atomic E-state index is 12.5. The fraction of sp³-hybridized carbons (Fsp3) is 0.722. The number of hydrogen-bond acceptors (Lipinski definition) is 4. The third-order valence-corrected chi connectivity index (χ3v) is 6.21. The van der Waals surface area contributed by atoms with E-state index in [-0.39, 0.29) is 11.8 Å². The van der Waals surface area contributed by atoms with E-state index in [1.54, 1.807) is 11.1 Å². The lowest BCUT2D eigenvalue weighted by Crippen LogP contribution is -2.42. The van der Waals surface area contributed by atoms with Crippen molar-refractivity contribution in [2.45, 2.75) is 32.2 Å². The summed E-state index contributed by atoms with van der Waals surface area (Å²) in [7, 11) is 1.95. The largest absolute Gasteiger partial charge is 0.481 e. The van der Waals surface area contributed by atoms with Gasteiger partial charge < -0.3 is 14.6 Å². The lowest BCUT2D eigenvalue weighted by Gasteiger charge is -2.25. The van der Waals surface area contributed by atoms with Crippen molar-refractivity contribution in [3.8, 4) is 0 Å². The van der Waals surface area contributed by atoms with Crippen molar-refractivity contribution in [1.29, 1.82) is 0 Å². The number of nitrogens with zero attached hydrogens (tertiary/aromatic N) is 4. The van der Waals surface area contributed by atoms with Crippen molar-refractivity contribution in [2.75, 3.05) is 26.2 Å². The van der Waals surface area contributed by atoms with Gasteiger partial charge >= 0.3 is 5.97 Å². The van der Waals surface area contributed by atoms with Gasteiger partial charge in [-0.15, -0.1) is 0 Å². The molecule has 0 unspecified atom stereocenters. The van der Waals surface area contributed by atoms with Crippen LogP contribution in [-0.4, -0.2) is 62.5 Å². The van der Waals surface area contributed by atoms with Crippen molar-refractivity contribution >= 4 is 11.9 Å². The number of rotatable bonds is 6. The normalized spacial score (nSPS) is 29.2. The lowest BCUT2D eigenvalue weighted by molar-refractivity contribution is -0.149. The molecule has 1 N–H and O–H groups in total.